The van der Waals surface area contributed by atoms with Gasteiger partial charge in [0.25, 0.3) is 5.92 Å². The van der Waals surface area contributed by atoms with Crippen LogP contribution in [-0.4, -0.2) is 6.54 Å². The summed E-state index contributed by atoms with van der Waals surface area (Å²) in [5.74, 6) is -2.71. The summed E-state index contributed by atoms with van der Waals surface area (Å²) in [5.41, 5.74) is 3.36. The summed E-state index contributed by atoms with van der Waals surface area (Å²) < 4.78 is 27.0. The Morgan fingerprint density at radius 1 is 1.21 bits per heavy atom. The first-order chi connectivity index (χ1) is 6.43. The third kappa shape index (κ3) is 1.11. The summed E-state index contributed by atoms with van der Waals surface area (Å²) in [6.07, 6.45) is 0. The second-order valence-electron chi connectivity index (χ2n) is 3.94. The van der Waals surface area contributed by atoms with Gasteiger partial charge in [-0.3, -0.25) is 0 Å². The predicted octanol–water partition coefficient (Wildman–Crippen LogP) is 3.13. The topological polar surface area (TPSA) is 12.0 Å². The zero-order valence-corrected chi connectivity index (χ0v) is 8.54. The predicted molar refractivity (Wildman–Crippen MR) is 53.0 cm³/mol. The van der Waals surface area contributed by atoms with Crippen molar-refractivity contribution in [1.29, 1.82) is 0 Å². The first-order valence-corrected chi connectivity index (χ1v) is 4.66. The highest BCUT2D eigenvalue weighted by atomic mass is 19.3. The van der Waals surface area contributed by atoms with E-state index >= 15 is 0 Å². The minimum absolute atomic E-state index is 0.190. The van der Waals surface area contributed by atoms with Gasteiger partial charge in [-0.05, 0) is 37.5 Å². The standard InChI is InChI=1S/C11H13F2N/c1-6-4-7(2)10-9(8(6)3)11(12,13)5-14-10/h4,14H,5H2,1-3H3. The van der Waals surface area contributed by atoms with Gasteiger partial charge >= 0.3 is 0 Å². The van der Waals surface area contributed by atoms with Crippen LogP contribution in [0.15, 0.2) is 6.07 Å². The van der Waals surface area contributed by atoms with E-state index in [9.17, 15) is 8.78 Å². The zero-order chi connectivity index (χ0) is 10.5. The Morgan fingerprint density at radius 3 is 2.50 bits per heavy atom. The summed E-state index contributed by atoms with van der Waals surface area (Å²) in [6.45, 7) is 5.22. The molecule has 1 heterocycles. The van der Waals surface area contributed by atoms with Gasteiger partial charge in [0.1, 0.15) is 0 Å². The fourth-order valence-electron chi connectivity index (χ4n) is 2.06. The van der Waals surface area contributed by atoms with E-state index in [1.54, 1.807) is 6.92 Å². The van der Waals surface area contributed by atoms with Crippen molar-refractivity contribution >= 4 is 5.69 Å². The fraction of sp³-hybridized carbons (Fsp3) is 0.455. The van der Waals surface area contributed by atoms with Gasteiger partial charge < -0.3 is 5.32 Å². The van der Waals surface area contributed by atoms with E-state index in [-0.39, 0.29) is 12.1 Å². The van der Waals surface area contributed by atoms with Crippen LogP contribution in [0, 0.1) is 20.8 Å². The Labute approximate surface area is 82.1 Å². The molecule has 0 fully saturated rings. The molecule has 0 aliphatic carbocycles. The van der Waals surface area contributed by atoms with Gasteiger partial charge in [0, 0.05) is 11.3 Å². The van der Waals surface area contributed by atoms with Crippen LogP contribution >= 0.6 is 0 Å². The number of rotatable bonds is 0. The number of anilines is 1. The third-order valence-corrected chi connectivity index (χ3v) is 2.90. The number of nitrogens with one attached hydrogen (secondary N) is 1. The highest BCUT2D eigenvalue weighted by Crippen LogP contribution is 2.43. The van der Waals surface area contributed by atoms with E-state index in [1.807, 2.05) is 19.9 Å². The van der Waals surface area contributed by atoms with Crippen LogP contribution in [0.1, 0.15) is 22.3 Å². The van der Waals surface area contributed by atoms with Crippen LogP contribution in [0.3, 0.4) is 0 Å². The highest BCUT2D eigenvalue weighted by Gasteiger charge is 2.41. The van der Waals surface area contributed by atoms with Gasteiger partial charge in [0.15, 0.2) is 0 Å². The Hall–Kier alpha value is -1.12. The van der Waals surface area contributed by atoms with Crippen molar-refractivity contribution in [2.45, 2.75) is 26.7 Å². The molecule has 0 spiro atoms. The Balaban J connectivity index is 2.75. The molecule has 1 aromatic rings. The van der Waals surface area contributed by atoms with Crippen LogP contribution in [0.2, 0.25) is 0 Å². The molecule has 14 heavy (non-hydrogen) atoms. The number of benzene rings is 1. The van der Waals surface area contributed by atoms with Gasteiger partial charge in [-0.15, -0.1) is 0 Å². The molecule has 1 aliphatic rings. The molecule has 0 radical (unpaired) electrons. The molecule has 1 N–H and O–H groups in total. The normalized spacial score (nSPS) is 17.8. The van der Waals surface area contributed by atoms with E-state index in [0.29, 0.717) is 11.3 Å². The van der Waals surface area contributed by atoms with Crippen molar-refractivity contribution in [3.8, 4) is 0 Å². The van der Waals surface area contributed by atoms with Crippen molar-refractivity contribution in [2.24, 2.45) is 0 Å². The molecule has 0 amide bonds. The van der Waals surface area contributed by atoms with Crippen LogP contribution in [0.5, 0.6) is 0 Å². The van der Waals surface area contributed by atoms with E-state index in [2.05, 4.69) is 5.32 Å². The van der Waals surface area contributed by atoms with Gasteiger partial charge in [0.05, 0.1) is 6.54 Å². The maximum Gasteiger partial charge on any atom is 0.292 e. The number of aryl methyl sites for hydroxylation is 2. The van der Waals surface area contributed by atoms with Crippen LogP contribution in [0.4, 0.5) is 14.5 Å². The molecular formula is C11H13F2N. The lowest BCUT2D eigenvalue weighted by Crippen LogP contribution is -2.16. The average molecular weight is 197 g/mol. The summed E-state index contributed by atoms with van der Waals surface area (Å²) in [4.78, 5) is 0. The van der Waals surface area contributed by atoms with Crippen molar-refractivity contribution in [3.63, 3.8) is 0 Å². The molecule has 1 aliphatic heterocycles. The Bertz CT molecular complexity index is 397. The van der Waals surface area contributed by atoms with Crippen molar-refractivity contribution in [3.05, 3.63) is 28.3 Å². The number of alkyl halides is 2. The second kappa shape index (κ2) is 2.69. The molecule has 0 atom stereocenters. The Morgan fingerprint density at radius 2 is 1.86 bits per heavy atom. The lowest BCUT2D eigenvalue weighted by molar-refractivity contribution is 0.0179. The van der Waals surface area contributed by atoms with Crippen molar-refractivity contribution in [1.82, 2.24) is 0 Å². The lowest BCUT2D eigenvalue weighted by atomic mass is 9.96. The average Bonchev–Trinajstić information content (AvgIpc) is 2.38. The summed E-state index contributed by atoms with van der Waals surface area (Å²) >= 11 is 0. The zero-order valence-electron chi connectivity index (χ0n) is 8.54. The number of hydrogen-bond acceptors (Lipinski definition) is 1. The molecule has 1 nitrogen and oxygen atoms in total. The smallest absolute Gasteiger partial charge is 0.292 e. The van der Waals surface area contributed by atoms with Crippen molar-refractivity contribution < 1.29 is 8.78 Å². The minimum Gasteiger partial charge on any atom is -0.378 e. The van der Waals surface area contributed by atoms with E-state index in [1.165, 1.54) is 0 Å². The quantitative estimate of drug-likeness (QED) is 0.673. The monoisotopic (exact) mass is 197 g/mol. The van der Waals surface area contributed by atoms with Gasteiger partial charge in [0.2, 0.25) is 0 Å². The lowest BCUT2D eigenvalue weighted by Gasteiger charge is -2.14. The molecule has 0 unspecified atom stereocenters. The number of fused-ring (bicyclic) bond motifs is 1. The van der Waals surface area contributed by atoms with E-state index in [0.717, 1.165) is 11.1 Å². The van der Waals surface area contributed by atoms with Crippen LogP contribution in [-0.2, 0) is 5.92 Å². The molecule has 0 aromatic heterocycles. The second-order valence-corrected chi connectivity index (χ2v) is 3.94. The summed E-state index contributed by atoms with van der Waals surface area (Å²) in [7, 11) is 0. The van der Waals surface area contributed by atoms with Gasteiger partial charge in [-0.25, -0.2) is 0 Å². The van der Waals surface area contributed by atoms with Crippen molar-refractivity contribution in [2.75, 3.05) is 11.9 Å². The number of halogens is 2. The minimum atomic E-state index is -2.71. The number of hydrogen-bond donors (Lipinski definition) is 1. The van der Waals surface area contributed by atoms with Crippen LogP contribution in [0.25, 0.3) is 0 Å². The summed E-state index contributed by atoms with van der Waals surface area (Å²) in [6, 6.07) is 1.95. The molecule has 0 saturated carbocycles. The third-order valence-electron chi connectivity index (χ3n) is 2.90. The van der Waals surface area contributed by atoms with Crippen LogP contribution < -0.4 is 5.32 Å². The first kappa shape index (κ1) is 9.44. The molecule has 0 bridgehead atoms. The largest absolute Gasteiger partial charge is 0.378 e. The summed E-state index contributed by atoms with van der Waals surface area (Å²) in [5, 5.41) is 2.78. The SMILES string of the molecule is Cc1cc(C)c2c(c1C)C(F)(F)CN2. The molecule has 1 aromatic carbocycles. The first-order valence-electron chi connectivity index (χ1n) is 4.66. The molecule has 3 heteroatoms. The molecular weight excluding hydrogens is 184 g/mol. The maximum absolute atomic E-state index is 13.5. The van der Waals surface area contributed by atoms with E-state index < -0.39 is 5.92 Å². The van der Waals surface area contributed by atoms with E-state index in [4.69, 9.17) is 0 Å². The molecule has 76 valence electrons. The maximum atomic E-state index is 13.5. The highest BCUT2D eigenvalue weighted by molar-refractivity contribution is 5.67. The molecule has 0 saturated heterocycles. The molecule has 2 rings (SSSR count). The fourth-order valence-corrected chi connectivity index (χ4v) is 2.06. The Kier molecular flexibility index (Phi) is 1.81. The van der Waals surface area contributed by atoms with Gasteiger partial charge in [-0.2, -0.15) is 8.78 Å². The van der Waals surface area contributed by atoms with Gasteiger partial charge in [-0.1, -0.05) is 6.07 Å².